The quantitative estimate of drug-likeness (QED) is 0.835. The maximum atomic E-state index is 5.70. The SMILES string of the molecule is COc1ccc(Cc2nc(C(C)N)n[nH]2)cc1. The molecule has 1 atom stereocenters. The number of hydrogen-bond donors (Lipinski definition) is 2. The summed E-state index contributed by atoms with van der Waals surface area (Å²) in [6, 6.07) is 7.73. The van der Waals surface area contributed by atoms with Crippen LogP contribution >= 0.6 is 0 Å². The van der Waals surface area contributed by atoms with E-state index in [2.05, 4.69) is 15.2 Å². The van der Waals surface area contributed by atoms with Crippen molar-refractivity contribution >= 4 is 0 Å². The summed E-state index contributed by atoms with van der Waals surface area (Å²) in [7, 11) is 1.65. The van der Waals surface area contributed by atoms with E-state index in [0.29, 0.717) is 12.2 Å². The lowest BCUT2D eigenvalue weighted by Gasteiger charge is -2.01. The molecule has 0 saturated heterocycles. The lowest BCUT2D eigenvalue weighted by molar-refractivity contribution is 0.414. The van der Waals surface area contributed by atoms with Gasteiger partial charge in [0.25, 0.3) is 0 Å². The standard InChI is InChI=1S/C12H16N4O/c1-8(13)12-14-11(15-16-12)7-9-3-5-10(17-2)6-4-9/h3-6,8H,7,13H2,1-2H3,(H,14,15,16). The molecule has 0 bridgehead atoms. The summed E-state index contributed by atoms with van der Waals surface area (Å²) in [6.07, 6.45) is 0.712. The predicted octanol–water partition coefficient (Wildman–Crippen LogP) is 1.42. The molecule has 2 aromatic rings. The highest BCUT2D eigenvalue weighted by molar-refractivity contribution is 5.28. The summed E-state index contributed by atoms with van der Waals surface area (Å²) in [5.41, 5.74) is 6.85. The molecule has 1 heterocycles. The third kappa shape index (κ3) is 2.82. The van der Waals surface area contributed by atoms with Gasteiger partial charge in [0.05, 0.1) is 13.2 Å². The molecule has 0 aliphatic carbocycles. The number of aromatic nitrogens is 3. The zero-order valence-electron chi connectivity index (χ0n) is 9.97. The van der Waals surface area contributed by atoms with Crippen LogP contribution in [-0.4, -0.2) is 22.3 Å². The van der Waals surface area contributed by atoms with Crippen LogP contribution in [0.25, 0.3) is 0 Å². The van der Waals surface area contributed by atoms with Crippen molar-refractivity contribution in [3.63, 3.8) is 0 Å². The molecule has 1 aromatic carbocycles. The topological polar surface area (TPSA) is 76.8 Å². The Morgan fingerprint density at radius 1 is 1.35 bits per heavy atom. The van der Waals surface area contributed by atoms with Crippen molar-refractivity contribution in [2.24, 2.45) is 5.73 Å². The minimum Gasteiger partial charge on any atom is -0.497 e. The van der Waals surface area contributed by atoms with E-state index in [0.717, 1.165) is 17.1 Å². The first-order chi connectivity index (χ1) is 8.19. The second kappa shape index (κ2) is 4.97. The van der Waals surface area contributed by atoms with Crippen molar-refractivity contribution in [1.82, 2.24) is 15.2 Å². The van der Waals surface area contributed by atoms with Crippen molar-refractivity contribution in [1.29, 1.82) is 0 Å². The summed E-state index contributed by atoms with van der Waals surface area (Å²) in [5, 5.41) is 6.95. The molecule has 0 fully saturated rings. The molecule has 1 aromatic heterocycles. The zero-order valence-corrected chi connectivity index (χ0v) is 9.97. The number of rotatable bonds is 4. The van der Waals surface area contributed by atoms with Crippen molar-refractivity contribution in [2.75, 3.05) is 7.11 Å². The highest BCUT2D eigenvalue weighted by Gasteiger charge is 2.07. The average molecular weight is 232 g/mol. The van der Waals surface area contributed by atoms with Crippen molar-refractivity contribution < 1.29 is 4.74 Å². The summed E-state index contributed by atoms with van der Waals surface area (Å²) in [4.78, 5) is 4.32. The van der Waals surface area contributed by atoms with Crippen LogP contribution < -0.4 is 10.5 Å². The maximum absolute atomic E-state index is 5.70. The molecule has 5 heteroatoms. The van der Waals surface area contributed by atoms with E-state index >= 15 is 0 Å². The number of nitrogens with two attached hydrogens (primary N) is 1. The second-order valence-corrected chi connectivity index (χ2v) is 3.95. The van der Waals surface area contributed by atoms with Gasteiger partial charge in [-0.15, -0.1) is 0 Å². The molecule has 2 rings (SSSR count). The molecular formula is C12H16N4O. The minimum absolute atomic E-state index is 0.143. The van der Waals surface area contributed by atoms with Crippen LogP contribution in [0.3, 0.4) is 0 Å². The van der Waals surface area contributed by atoms with E-state index in [9.17, 15) is 0 Å². The Morgan fingerprint density at radius 2 is 2.06 bits per heavy atom. The molecule has 0 amide bonds. The van der Waals surface area contributed by atoms with Gasteiger partial charge >= 0.3 is 0 Å². The number of methoxy groups -OCH3 is 1. The van der Waals surface area contributed by atoms with Gasteiger partial charge in [-0.2, -0.15) is 5.10 Å². The number of nitrogens with zero attached hydrogens (tertiary/aromatic N) is 2. The van der Waals surface area contributed by atoms with Gasteiger partial charge in [0.1, 0.15) is 11.6 Å². The van der Waals surface area contributed by atoms with E-state index in [1.165, 1.54) is 0 Å². The highest BCUT2D eigenvalue weighted by atomic mass is 16.5. The Labute approximate surface area is 100 Å². The lowest BCUT2D eigenvalue weighted by Crippen LogP contribution is -2.06. The number of aromatic amines is 1. The molecular weight excluding hydrogens is 216 g/mol. The normalized spacial score (nSPS) is 12.4. The Morgan fingerprint density at radius 3 is 2.59 bits per heavy atom. The first kappa shape index (κ1) is 11.6. The number of nitrogens with one attached hydrogen (secondary N) is 1. The average Bonchev–Trinajstić information content (AvgIpc) is 2.79. The molecule has 0 aliphatic rings. The van der Waals surface area contributed by atoms with Gasteiger partial charge < -0.3 is 10.5 Å². The van der Waals surface area contributed by atoms with Gasteiger partial charge in [-0.05, 0) is 24.6 Å². The van der Waals surface area contributed by atoms with Gasteiger partial charge in [0.15, 0.2) is 5.82 Å². The van der Waals surface area contributed by atoms with E-state index in [1.807, 2.05) is 31.2 Å². The van der Waals surface area contributed by atoms with Crippen molar-refractivity contribution in [3.8, 4) is 5.75 Å². The summed E-state index contributed by atoms with van der Waals surface area (Å²) < 4.78 is 5.10. The van der Waals surface area contributed by atoms with Gasteiger partial charge in [-0.25, -0.2) is 4.98 Å². The zero-order chi connectivity index (χ0) is 12.3. The number of ether oxygens (including phenoxy) is 1. The van der Waals surface area contributed by atoms with Crippen LogP contribution in [0.15, 0.2) is 24.3 Å². The third-order valence-corrected chi connectivity index (χ3v) is 2.49. The van der Waals surface area contributed by atoms with Crippen LogP contribution in [0.1, 0.15) is 30.2 Å². The number of hydrogen-bond acceptors (Lipinski definition) is 4. The van der Waals surface area contributed by atoms with E-state index in [4.69, 9.17) is 10.5 Å². The molecule has 17 heavy (non-hydrogen) atoms. The van der Waals surface area contributed by atoms with E-state index in [-0.39, 0.29) is 6.04 Å². The Bertz CT molecular complexity index is 476. The largest absolute Gasteiger partial charge is 0.497 e. The van der Waals surface area contributed by atoms with Crippen LogP contribution in [0.5, 0.6) is 5.75 Å². The fourth-order valence-corrected chi connectivity index (χ4v) is 1.53. The molecule has 1 unspecified atom stereocenters. The fraction of sp³-hybridized carbons (Fsp3) is 0.333. The Kier molecular flexibility index (Phi) is 3.39. The smallest absolute Gasteiger partial charge is 0.167 e. The van der Waals surface area contributed by atoms with Crippen LogP contribution in [0.2, 0.25) is 0 Å². The lowest BCUT2D eigenvalue weighted by atomic mass is 10.1. The number of benzene rings is 1. The minimum atomic E-state index is -0.143. The predicted molar refractivity (Wildman–Crippen MR) is 64.8 cm³/mol. The number of H-pyrrole nitrogens is 1. The van der Waals surface area contributed by atoms with Crippen LogP contribution in [0, 0.1) is 0 Å². The summed E-state index contributed by atoms with van der Waals surface area (Å²) >= 11 is 0. The molecule has 0 saturated carbocycles. The maximum Gasteiger partial charge on any atom is 0.167 e. The van der Waals surface area contributed by atoms with Gasteiger partial charge in [-0.1, -0.05) is 12.1 Å². The third-order valence-electron chi connectivity index (χ3n) is 2.49. The van der Waals surface area contributed by atoms with Gasteiger partial charge in [-0.3, -0.25) is 5.10 Å². The van der Waals surface area contributed by atoms with Gasteiger partial charge in [0, 0.05) is 6.42 Å². The highest BCUT2D eigenvalue weighted by Crippen LogP contribution is 2.13. The van der Waals surface area contributed by atoms with E-state index in [1.54, 1.807) is 7.11 Å². The molecule has 0 spiro atoms. The molecule has 0 aliphatic heterocycles. The fourth-order valence-electron chi connectivity index (χ4n) is 1.53. The van der Waals surface area contributed by atoms with Crippen LogP contribution in [-0.2, 0) is 6.42 Å². The first-order valence-electron chi connectivity index (χ1n) is 5.48. The Hall–Kier alpha value is -1.88. The van der Waals surface area contributed by atoms with Gasteiger partial charge in [0.2, 0.25) is 0 Å². The molecule has 90 valence electrons. The first-order valence-corrected chi connectivity index (χ1v) is 5.48. The van der Waals surface area contributed by atoms with E-state index < -0.39 is 0 Å². The monoisotopic (exact) mass is 232 g/mol. The Balaban J connectivity index is 2.08. The van der Waals surface area contributed by atoms with Crippen LogP contribution in [0.4, 0.5) is 0 Å². The van der Waals surface area contributed by atoms with Crippen molar-refractivity contribution in [3.05, 3.63) is 41.5 Å². The second-order valence-electron chi connectivity index (χ2n) is 3.95. The summed E-state index contributed by atoms with van der Waals surface area (Å²) in [5.74, 6) is 2.32. The molecule has 3 N–H and O–H groups in total. The summed E-state index contributed by atoms with van der Waals surface area (Å²) in [6.45, 7) is 1.86. The molecule has 0 radical (unpaired) electrons. The van der Waals surface area contributed by atoms with Crippen molar-refractivity contribution in [2.45, 2.75) is 19.4 Å². The molecule has 5 nitrogen and oxygen atoms in total.